The Morgan fingerprint density at radius 1 is 1.12 bits per heavy atom. The zero-order valence-electron chi connectivity index (χ0n) is 12.5. The van der Waals surface area contributed by atoms with E-state index < -0.39 is 11.8 Å². The number of carbonyl (C=O) groups excluding carboxylic acids is 2. The minimum atomic E-state index is -0.480. The Kier molecular flexibility index (Phi) is 6.65. The van der Waals surface area contributed by atoms with Crippen LogP contribution in [0.1, 0.15) is 15.9 Å². The topological polar surface area (TPSA) is 67.4 Å². The van der Waals surface area contributed by atoms with Gasteiger partial charge in [-0.3, -0.25) is 20.4 Å². The number of hydrazine groups is 1. The molecule has 0 aromatic heterocycles. The maximum absolute atomic E-state index is 11.9. The van der Waals surface area contributed by atoms with Gasteiger partial charge in [0, 0.05) is 15.1 Å². The summed E-state index contributed by atoms with van der Waals surface area (Å²) in [6.07, 6.45) is 0. The second kappa shape index (κ2) is 8.50. The van der Waals surface area contributed by atoms with E-state index in [-0.39, 0.29) is 6.61 Å². The predicted molar refractivity (Wildman–Crippen MR) is 99.1 cm³/mol. The fourth-order valence-corrected chi connectivity index (χ4v) is 3.52. The number of halogens is 3. The number of nitrogens with one attached hydrogen (secondary N) is 2. The van der Waals surface area contributed by atoms with E-state index in [1.165, 1.54) is 0 Å². The molecular weight excluding hydrogens is 463 g/mol. The van der Waals surface area contributed by atoms with Gasteiger partial charge in [0.15, 0.2) is 6.61 Å². The molecule has 0 bridgehead atoms. The molecule has 0 aliphatic rings. The van der Waals surface area contributed by atoms with Gasteiger partial charge in [-0.05, 0) is 64.8 Å². The smallest absolute Gasteiger partial charge is 0.276 e. The van der Waals surface area contributed by atoms with Gasteiger partial charge in [-0.2, -0.15) is 0 Å². The molecule has 0 atom stereocenters. The summed E-state index contributed by atoms with van der Waals surface area (Å²) in [5.74, 6) is -0.357. The Labute approximate surface area is 160 Å². The van der Waals surface area contributed by atoms with Crippen LogP contribution in [-0.4, -0.2) is 18.4 Å². The van der Waals surface area contributed by atoms with Crippen molar-refractivity contribution in [1.29, 1.82) is 0 Å². The fourth-order valence-electron chi connectivity index (χ4n) is 1.85. The molecule has 0 aliphatic heterocycles. The van der Waals surface area contributed by atoms with Crippen LogP contribution >= 0.6 is 43.5 Å². The number of rotatable bonds is 4. The normalized spacial score (nSPS) is 10.2. The second-order valence-electron chi connectivity index (χ2n) is 4.83. The monoisotopic (exact) mass is 474 g/mol. The van der Waals surface area contributed by atoms with Gasteiger partial charge in [-0.1, -0.05) is 27.5 Å². The summed E-state index contributed by atoms with van der Waals surface area (Å²) in [7, 11) is 0. The molecule has 8 heteroatoms. The predicted octanol–water partition coefficient (Wildman–Crippen LogP) is 4.01. The van der Waals surface area contributed by atoms with Crippen LogP contribution in [0.2, 0.25) is 5.02 Å². The van der Waals surface area contributed by atoms with E-state index in [0.717, 1.165) is 14.5 Å². The standard InChI is InChI=1S/C16H13Br2ClN2O3/c1-9-6-11(17)7-13(18)15(9)24-8-14(22)20-21-16(23)10-2-4-12(19)5-3-10/h2-7H,8H2,1H3,(H,20,22)(H,21,23). The summed E-state index contributed by atoms with van der Waals surface area (Å²) in [6, 6.07) is 10.00. The van der Waals surface area contributed by atoms with E-state index >= 15 is 0 Å². The lowest BCUT2D eigenvalue weighted by atomic mass is 10.2. The number of aryl methyl sites for hydroxylation is 1. The fraction of sp³-hybridized carbons (Fsp3) is 0.125. The molecule has 2 N–H and O–H groups in total. The molecule has 0 spiro atoms. The number of ether oxygens (including phenoxy) is 1. The highest BCUT2D eigenvalue weighted by molar-refractivity contribution is 9.11. The quantitative estimate of drug-likeness (QED) is 0.656. The molecule has 0 heterocycles. The summed E-state index contributed by atoms with van der Waals surface area (Å²) in [4.78, 5) is 23.7. The van der Waals surface area contributed by atoms with Crippen LogP contribution in [-0.2, 0) is 4.79 Å². The Morgan fingerprint density at radius 3 is 2.42 bits per heavy atom. The molecule has 0 unspecified atom stereocenters. The molecule has 0 radical (unpaired) electrons. The molecule has 126 valence electrons. The van der Waals surface area contributed by atoms with Gasteiger partial charge in [0.1, 0.15) is 5.75 Å². The summed E-state index contributed by atoms with van der Waals surface area (Å²) < 4.78 is 7.12. The second-order valence-corrected chi connectivity index (χ2v) is 7.04. The molecule has 2 aromatic rings. The van der Waals surface area contributed by atoms with E-state index in [1.807, 2.05) is 19.1 Å². The van der Waals surface area contributed by atoms with Gasteiger partial charge in [-0.15, -0.1) is 0 Å². The van der Waals surface area contributed by atoms with Gasteiger partial charge in [0.25, 0.3) is 11.8 Å². The first-order valence-electron chi connectivity index (χ1n) is 6.80. The van der Waals surface area contributed by atoms with Crippen LogP contribution in [0.15, 0.2) is 45.3 Å². The minimum Gasteiger partial charge on any atom is -0.482 e. The maximum atomic E-state index is 11.9. The van der Waals surface area contributed by atoms with Gasteiger partial charge in [0.05, 0.1) is 4.47 Å². The van der Waals surface area contributed by atoms with Gasteiger partial charge in [0.2, 0.25) is 0 Å². The third-order valence-corrected chi connectivity index (χ3v) is 4.26. The zero-order chi connectivity index (χ0) is 17.7. The molecule has 2 aromatic carbocycles. The van der Waals surface area contributed by atoms with Crippen molar-refractivity contribution in [3.8, 4) is 5.75 Å². The Hall–Kier alpha value is -1.57. The lowest BCUT2D eigenvalue weighted by Crippen LogP contribution is -2.43. The highest BCUT2D eigenvalue weighted by atomic mass is 79.9. The van der Waals surface area contributed by atoms with Gasteiger partial charge >= 0.3 is 0 Å². The third kappa shape index (κ3) is 5.22. The Bertz CT molecular complexity index is 743. The Balaban J connectivity index is 1.86. The first-order valence-corrected chi connectivity index (χ1v) is 8.76. The SMILES string of the molecule is Cc1cc(Br)cc(Br)c1OCC(=O)NNC(=O)c1ccc(Cl)cc1. The van der Waals surface area contributed by atoms with E-state index in [0.29, 0.717) is 16.3 Å². The molecule has 2 amide bonds. The van der Waals surface area contributed by atoms with Crippen molar-refractivity contribution in [2.75, 3.05) is 6.61 Å². The van der Waals surface area contributed by atoms with Crippen molar-refractivity contribution in [2.45, 2.75) is 6.92 Å². The lowest BCUT2D eigenvalue weighted by Gasteiger charge is -2.12. The van der Waals surface area contributed by atoms with Crippen LogP contribution in [0.5, 0.6) is 5.75 Å². The summed E-state index contributed by atoms with van der Waals surface area (Å²) >= 11 is 12.5. The van der Waals surface area contributed by atoms with Gasteiger partial charge < -0.3 is 4.74 Å². The Morgan fingerprint density at radius 2 is 1.79 bits per heavy atom. The zero-order valence-corrected chi connectivity index (χ0v) is 16.5. The van der Waals surface area contributed by atoms with Crippen LogP contribution in [0.25, 0.3) is 0 Å². The summed E-state index contributed by atoms with van der Waals surface area (Å²) in [5.41, 5.74) is 5.86. The number of hydrogen-bond donors (Lipinski definition) is 2. The lowest BCUT2D eigenvalue weighted by molar-refractivity contribution is -0.123. The van der Waals surface area contributed by atoms with Crippen molar-refractivity contribution >= 4 is 55.3 Å². The molecule has 2 rings (SSSR count). The summed E-state index contributed by atoms with van der Waals surface area (Å²) in [5, 5.41) is 0.527. The van der Waals surface area contributed by atoms with Crippen LogP contribution in [0.4, 0.5) is 0 Å². The first-order chi connectivity index (χ1) is 11.4. The summed E-state index contributed by atoms with van der Waals surface area (Å²) in [6.45, 7) is 1.63. The molecule has 5 nitrogen and oxygen atoms in total. The van der Waals surface area contributed by atoms with E-state index in [4.69, 9.17) is 16.3 Å². The highest BCUT2D eigenvalue weighted by Gasteiger charge is 2.11. The average Bonchev–Trinajstić information content (AvgIpc) is 2.52. The highest BCUT2D eigenvalue weighted by Crippen LogP contribution is 2.32. The van der Waals surface area contributed by atoms with E-state index in [2.05, 4.69) is 42.7 Å². The van der Waals surface area contributed by atoms with Crippen molar-refractivity contribution in [2.24, 2.45) is 0 Å². The maximum Gasteiger partial charge on any atom is 0.276 e. The molecule has 0 saturated heterocycles. The van der Waals surface area contributed by atoms with Crippen molar-refractivity contribution in [3.63, 3.8) is 0 Å². The van der Waals surface area contributed by atoms with Crippen LogP contribution < -0.4 is 15.6 Å². The van der Waals surface area contributed by atoms with Gasteiger partial charge in [-0.25, -0.2) is 0 Å². The molecule has 24 heavy (non-hydrogen) atoms. The van der Waals surface area contributed by atoms with E-state index in [9.17, 15) is 9.59 Å². The molecule has 0 saturated carbocycles. The number of benzene rings is 2. The molecule has 0 aliphatic carbocycles. The van der Waals surface area contributed by atoms with Crippen molar-refractivity contribution < 1.29 is 14.3 Å². The van der Waals surface area contributed by atoms with Crippen LogP contribution in [0.3, 0.4) is 0 Å². The third-order valence-electron chi connectivity index (χ3n) is 2.96. The van der Waals surface area contributed by atoms with Crippen molar-refractivity contribution in [3.05, 3.63) is 61.5 Å². The number of amides is 2. The first kappa shape index (κ1) is 18.8. The van der Waals surface area contributed by atoms with Crippen molar-refractivity contribution in [1.82, 2.24) is 10.9 Å². The van der Waals surface area contributed by atoms with Crippen LogP contribution in [0, 0.1) is 6.92 Å². The largest absolute Gasteiger partial charge is 0.482 e. The number of carbonyl (C=O) groups is 2. The van der Waals surface area contributed by atoms with E-state index in [1.54, 1.807) is 24.3 Å². The molecular formula is C16H13Br2ClN2O3. The average molecular weight is 477 g/mol. The minimum absolute atomic E-state index is 0.234. The molecule has 0 fully saturated rings. The number of hydrogen-bond acceptors (Lipinski definition) is 3.